The molecule has 2 rings (SSSR count). The van der Waals surface area contributed by atoms with Crippen LogP contribution in [0.2, 0.25) is 5.02 Å². The molecule has 2 aromatic rings. The monoisotopic (exact) mass is 292 g/mol. The van der Waals surface area contributed by atoms with Gasteiger partial charge in [0.25, 0.3) is 0 Å². The van der Waals surface area contributed by atoms with Crippen molar-refractivity contribution in [2.24, 2.45) is 0 Å². The second kappa shape index (κ2) is 6.06. The van der Waals surface area contributed by atoms with Gasteiger partial charge in [0, 0.05) is 11.4 Å². The lowest BCUT2D eigenvalue weighted by Crippen LogP contribution is -2.07. The maximum absolute atomic E-state index is 13.1. The smallest absolute Gasteiger partial charge is 0.171 e. The molecule has 0 bridgehead atoms. The number of carbonyl (C=O) groups excluding carboxylic acids is 1. The normalized spacial score (nSPS) is 10.4. The van der Waals surface area contributed by atoms with Gasteiger partial charge in [-0.05, 0) is 48.4 Å². The Bertz CT molecular complexity index is 653. The van der Waals surface area contributed by atoms with E-state index in [2.05, 4.69) is 0 Å². The molecule has 104 valence electrons. The van der Waals surface area contributed by atoms with Gasteiger partial charge in [0.1, 0.15) is 11.6 Å². The van der Waals surface area contributed by atoms with E-state index in [-0.39, 0.29) is 18.0 Å². The molecular formula is C16H14ClFO2. The van der Waals surface area contributed by atoms with E-state index in [0.29, 0.717) is 16.3 Å². The van der Waals surface area contributed by atoms with Gasteiger partial charge in [-0.15, -0.1) is 0 Å². The molecule has 0 aromatic heterocycles. The molecule has 0 N–H and O–H groups in total. The minimum atomic E-state index is -0.306. The second-order valence-corrected chi connectivity index (χ2v) is 4.95. The maximum atomic E-state index is 13.1. The predicted molar refractivity (Wildman–Crippen MR) is 77.2 cm³/mol. The van der Waals surface area contributed by atoms with Crippen LogP contribution in [0.15, 0.2) is 36.4 Å². The van der Waals surface area contributed by atoms with Gasteiger partial charge >= 0.3 is 0 Å². The molecule has 2 nitrogen and oxygen atoms in total. The summed E-state index contributed by atoms with van der Waals surface area (Å²) < 4.78 is 18.2. The van der Waals surface area contributed by atoms with E-state index in [4.69, 9.17) is 16.3 Å². The largest absolute Gasteiger partial charge is 0.496 e. The quantitative estimate of drug-likeness (QED) is 0.789. The zero-order valence-electron chi connectivity index (χ0n) is 11.2. The first kappa shape index (κ1) is 14.5. The average Bonchev–Trinajstić information content (AvgIpc) is 2.41. The van der Waals surface area contributed by atoms with Gasteiger partial charge in [0.15, 0.2) is 5.78 Å². The molecule has 0 amide bonds. The predicted octanol–water partition coefficient (Wildman–Crippen LogP) is 4.22. The fraction of sp³-hybridized carbons (Fsp3) is 0.188. The third kappa shape index (κ3) is 3.17. The highest BCUT2D eigenvalue weighted by molar-refractivity contribution is 6.31. The number of carbonyl (C=O) groups is 1. The number of hydrogen-bond donors (Lipinski definition) is 0. The molecule has 0 atom stereocenters. The van der Waals surface area contributed by atoms with Crippen LogP contribution in [0.5, 0.6) is 5.75 Å². The van der Waals surface area contributed by atoms with Crippen molar-refractivity contribution in [2.75, 3.05) is 7.11 Å². The fourth-order valence-corrected chi connectivity index (χ4v) is 2.20. The lowest BCUT2D eigenvalue weighted by atomic mass is 9.99. The van der Waals surface area contributed by atoms with Crippen LogP contribution in [0.3, 0.4) is 0 Å². The Balaban J connectivity index is 2.30. The standard InChI is InChI=1S/C16H14ClFO2/c1-10-7-13(18)5-3-11(10)8-15(19)14-9-12(17)4-6-16(14)20-2/h3-7,9H,8H2,1-2H3. The maximum Gasteiger partial charge on any atom is 0.171 e. The van der Waals surface area contributed by atoms with Crippen LogP contribution in [0, 0.1) is 12.7 Å². The third-order valence-corrected chi connectivity index (χ3v) is 3.35. The lowest BCUT2D eigenvalue weighted by molar-refractivity contribution is 0.0990. The van der Waals surface area contributed by atoms with Crippen LogP contribution in [-0.4, -0.2) is 12.9 Å². The van der Waals surface area contributed by atoms with E-state index < -0.39 is 0 Å². The third-order valence-electron chi connectivity index (χ3n) is 3.12. The van der Waals surface area contributed by atoms with Gasteiger partial charge in [-0.25, -0.2) is 4.39 Å². The number of aryl methyl sites for hydroxylation is 1. The Morgan fingerprint density at radius 1 is 1.25 bits per heavy atom. The first-order chi connectivity index (χ1) is 9.51. The van der Waals surface area contributed by atoms with E-state index in [0.717, 1.165) is 11.1 Å². The van der Waals surface area contributed by atoms with E-state index in [1.54, 1.807) is 31.2 Å². The topological polar surface area (TPSA) is 26.3 Å². The minimum absolute atomic E-state index is 0.112. The van der Waals surface area contributed by atoms with Crippen LogP contribution in [0.4, 0.5) is 4.39 Å². The van der Waals surface area contributed by atoms with Crippen LogP contribution in [-0.2, 0) is 6.42 Å². The van der Waals surface area contributed by atoms with Crippen molar-refractivity contribution in [3.05, 3.63) is 63.9 Å². The number of halogens is 2. The summed E-state index contributed by atoms with van der Waals surface area (Å²) in [6, 6.07) is 9.30. The summed E-state index contributed by atoms with van der Waals surface area (Å²) in [5, 5.41) is 0.477. The van der Waals surface area contributed by atoms with Crippen molar-refractivity contribution in [3.63, 3.8) is 0 Å². The van der Waals surface area contributed by atoms with E-state index in [9.17, 15) is 9.18 Å². The molecule has 0 fully saturated rings. The van der Waals surface area contributed by atoms with Crippen molar-refractivity contribution in [1.29, 1.82) is 0 Å². The molecule has 0 aliphatic rings. The Morgan fingerprint density at radius 3 is 2.65 bits per heavy atom. The van der Waals surface area contributed by atoms with Crippen molar-refractivity contribution >= 4 is 17.4 Å². The number of hydrogen-bond acceptors (Lipinski definition) is 2. The molecule has 0 aliphatic heterocycles. The van der Waals surface area contributed by atoms with Gasteiger partial charge in [0.05, 0.1) is 12.7 Å². The highest BCUT2D eigenvalue weighted by Gasteiger charge is 2.14. The Morgan fingerprint density at radius 2 is 2.00 bits per heavy atom. The summed E-state index contributed by atoms with van der Waals surface area (Å²) in [6.45, 7) is 1.78. The summed E-state index contributed by atoms with van der Waals surface area (Å²) in [7, 11) is 1.50. The van der Waals surface area contributed by atoms with E-state index in [1.165, 1.54) is 19.2 Å². The van der Waals surface area contributed by atoms with Gasteiger partial charge in [-0.1, -0.05) is 17.7 Å². The number of ketones is 1. The van der Waals surface area contributed by atoms with Crippen molar-refractivity contribution in [2.45, 2.75) is 13.3 Å². The first-order valence-corrected chi connectivity index (χ1v) is 6.51. The van der Waals surface area contributed by atoms with Gasteiger partial charge in [0.2, 0.25) is 0 Å². The van der Waals surface area contributed by atoms with Crippen molar-refractivity contribution < 1.29 is 13.9 Å². The zero-order valence-corrected chi connectivity index (χ0v) is 12.0. The molecule has 4 heteroatoms. The van der Waals surface area contributed by atoms with Crippen molar-refractivity contribution in [3.8, 4) is 5.75 Å². The van der Waals surface area contributed by atoms with Gasteiger partial charge in [-0.3, -0.25) is 4.79 Å². The number of methoxy groups -OCH3 is 1. The number of rotatable bonds is 4. The molecule has 0 spiro atoms. The zero-order chi connectivity index (χ0) is 14.7. The van der Waals surface area contributed by atoms with Gasteiger partial charge in [-0.2, -0.15) is 0 Å². The molecule has 0 saturated carbocycles. The molecule has 20 heavy (non-hydrogen) atoms. The fourth-order valence-electron chi connectivity index (χ4n) is 2.02. The summed E-state index contributed by atoms with van der Waals surface area (Å²) in [5.74, 6) is 0.0669. The highest BCUT2D eigenvalue weighted by atomic mass is 35.5. The van der Waals surface area contributed by atoms with E-state index in [1.807, 2.05) is 0 Å². The molecule has 0 aliphatic carbocycles. The number of benzene rings is 2. The van der Waals surface area contributed by atoms with Crippen molar-refractivity contribution in [1.82, 2.24) is 0 Å². The second-order valence-electron chi connectivity index (χ2n) is 4.52. The SMILES string of the molecule is COc1ccc(Cl)cc1C(=O)Cc1ccc(F)cc1C. The summed E-state index contributed by atoms with van der Waals surface area (Å²) in [4.78, 5) is 12.4. The number of ether oxygens (including phenoxy) is 1. The van der Waals surface area contributed by atoms with Crippen LogP contribution in [0.1, 0.15) is 21.5 Å². The summed E-state index contributed by atoms with van der Waals surface area (Å²) in [6.07, 6.45) is 0.183. The first-order valence-electron chi connectivity index (χ1n) is 6.13. The highest BCUT2D eigenvalue weighted by Crippen LogP contribution is 2.24. The molecular weight excluding hydrogens is 279 g/mol. The minimum Gasteiger partial charge on any atom is -0.496 e. The lowest BCUT2D eigenvalue weighted by Gasteiger charge is -2.09. The average molecular weight is 293 g/mol. The number of Topliss-reactive ketones (excluding diaryl/α,β-unsaturated/α-hetero) is 1. The Kier molecular flexibility index (Phi) is 4.40. The van der Waals surface area contributed by atoms with Crippen LogP contribution >= 0.6 is 11.6 Å². The van der Waals surface area contributed by atoms with Crippen LogP contribution < -0.4 is 4.74 Å². The molecule has 0 heterocycles. The Hall–Kier alpha value is -1.87. The Labute approximate surface area is 122 Å². The summed E-state index contributed by atoms with van der Waals surface area (Å²) >= 11 is 5.92. The van der Waals surface area contributed by atoms with Crippen LogP contribution in [0.25, 0.3) is 0 Å². The molecule has 0 radical (unpaired) electrons. The summed E-state index contributed by atoms with van der Waals surface area (Å²) in [5.41, 5.74) is 1.97. The van der Waals surface area contributed by atoms with E-state index >= 15 is 0 Å². The molecule has 0 saturated heterocycles. The molecule has 0 unspecified atom stereocenters. The van der Waals surface area contributed by atoms with Gasteiger partial charge < -0.3 is 4.74 Å². The molecule has 2 aromatic carbocycles.